The van der Waals surface area contributed by atoms with Crippen molar-refractivity contribution in [3.05, 3.63) is 48.1 Å². The average molecular weight is 355 g/mol. The van der Waals surface area contributed by atoms with Crippen molar-refractivity contribution in [2.75, 3.05) is 13.1 Å². The van der Waals surface area contributed by atoms with Gasteiger partial charge in [0.15, 0.2) is 5.78 Å². The summed E-state index contributed by atoms with van der Waals surface area (Å²) < 4.78 is 5.43. The van der Waals surface area contributed by atoms with Crippen LogP contribution in [-0.2, 0) is 9.53 Å². The zero-order chi connectivity index (χ0) is 18.7. The van der Waals surface area contributed by atoms with E-state index < -0.39 is 5.60 Å². The first-order valence-electron chi connectivity index (χ1n) is 9.58. The summed E-state index contributed by atoms with van der Waals surface area (Å²) >= 11 is 0. The van der Waals surface area contributed by atoms with Crippen LogP contribution in [0.15, 0.2) is 48.1 Å². The lowest BCUT2D eigenvalue weighted by Crippen LogP contribution is -2.42. The van der Waals surface area contributed by atoms with Gasteiger partial charge < -0.3 is 9.64 Å². The molecular formula is C22H29NO3. The Hall–Kier alpha value is -2.10. The minimum atomic E-state index is -0.468. The predicted octanol–water partition coefficient (Wildman–Crippen LogP) is 4.45. The van der Waals surface area contributed by atoms with Gasteiger partial charge >= 0.3 is 6.09 Å². The molecule has 4 nitrogen and oxygen atoms in total. The van der Waals surface area contributed by atoms with Gasteiger partial charge in [-0.15, -0.1) is 0 Å². The monoisotopic (exact) mass is 355 g/mol. The third kappa shape index (κ3) is 4.75. The number of fused-ring (bicyclic) bond motifs is 1. The van der Waals surface area contributed by atoms with E-state index in [9.17, 15) is 9.59 Å². The molecule has 0 saturated carbocycles. The highest BCUT2D eigenvalue weighted by Crippen LogP contribution is 2.30. The SMILES string of the molecule is CC(C)(C)OC(=O)N1CCC(CC(=O)C2=CC3C=CC=CC3C=C2)CC1. The number of likely N-dealkylation sites (tertiary alicyclic amines) is 1. The summed E-state index contributed by atoms with van der Waals surface area (Å²) in [4.78, 5) is 26.6. The molecule has 1 heterocycles. The molecule has 0 N–H and O–H groups in total. The molecule has 0 aromatic carbocycles. The van der Waals surface area contributed by atoms with E-state index in [1.54, 1.807) is 4.90 Å². The second-order valence-corrected chi connectivity index (χ2v) is 8.44. The molecule has 26 heavy (non-hydrogen) atoms. The van der Waals surface area contributed by atoms with E-state index in [1.807, 2.05) is 32.9 Å². The molecule has 3 aliphatic rings. The molecule has 1 saturated heterocycles. The molecule has 1 aliphatic heterocycles. The first kappa shape index (κ1) is 18.7. The molecule has 0 spiro atoms. The van der Waals surface area contributed by atoms with E-state index in [-0.39, 0.29) is 11.9 Å². The summed E-state index contributed by atoms with van der Waals surface area (Å²) in [5.41, 5.74) is 0.366. The highest BCUT2D eigenvalue weighted by atomic mass is 16.6. The number of ether oxygens (including phenoxy) is 1. The molecule has 4 heteroatoms. The van der Waals surface area contributed by atoms with Gasteiger partial charge in [0.2, 0.25) is 0 Å². The van der Waals surface area contributed by atoms with E-state index in [0.717, 1.165) is 18.4 Å². The molecule has 1 amide bonds. The third-order valence-corrected chi connectivity index (χ3v) is 5.15. The standard InChI is InChI=1S/C22H29NO3/c1-22(2,3)26-21(25)23-12-10-16(11-13-23)14-20(24)19-9-8-17-6-4-5-7-18(17)15-19/h4-9,15-18H,10-14H2,1-3H3. The van der Waals surface area contributed by atoms with Crippen LogP contribution < -0.4 is 0 Å². The average Bonchev–Trinajstić information content (AvgIpc) is 2.60. The van der Waals surface area contributed by atoms with Gasteiger partial charge in [0.25, 0.3) is 0 Å². The molecule has 0 bridgehead atoms. The predicted molar refractivity (Wildman–Crippen MR) is 103 cm³/mol. The van der Waals surface area contributed by atoms with Crippen molar-refractivity contribution < 1.29 is 14.3 Å². The van der Waals surface area contributed by atoms with Gasteiger partial charge in [-0.25, -0.2) is 4.79 Å². The second kappa shape index (κ2) is 7.65. The Labute approximate surface area is 156 Å². The lowest BCUT2D eigenvalue weighted by molar-refractivity contribution is -0.116. The summed E-state index contributed by atoms with van der Waals surface area (Å²) in [5, 5.41) is 0. The van der Waals surface area contributed by atoms with E-state index >= 15 is 0 Å². The Morgan fingerprint density at radius 1 is 1.08 bits per heavy atom. The van der Waals surface area contributed by atoms with E-state index in [0.29, 0.717) is 37.3 Å². The molecular weight excluding hydrogens is 326 g/mol. The van der Waals surface area contributed by atoms with Crippen LogP contribution >= 0.6 is 0 Å². The summed E-state index contributed by atoms with van der Waals surface area (Å²) in [6.07, 6.45) is 16.7. The van der Waals surface area contributed by atoms with Crippen molar-refractivity contribution in [2.24, 2.45) is 17.8 Å². The molecule has 2 atom stereocenters. The van der Waals surface area contributed by atoms with Crippen molar-refractivity contribution in [1.29, 1.82) is 0 Å². The van der Waals surface area contributed by atoms with Gasteiger partial charge in [-0.05, 0) is 39.5 Å². The Morgan fingerprint density at radius 3 is 2.38 bits per heavy atom. The maximum absolute atomic E-state index is 12.7. The maximum Gasteiger partial charge on any atom is 0.410 e. The molecule has 140 valence electrons. The van der Waals surface area contributed by atoms with Gasteiger partial charge in [-0.2, -0.15) is 0 Å². The van der Waals surface area contributed by atoms with Crippen molar-refractivity contribution in [1.82, 2.24) is 4.90 Å². The highest BCUT2D eigenvalue weighted by Gasteiger charge is 2.29. The molecule has 0 radical (unpaired) electrons. The van der Waals surface area contributed by atoms with Gasteiger partial charge in [-0.1, -0.05) is 42.5 Å². The van der Waals surface area contributed by atoms with Crippen molar-refractivity contribution >= 4 is 11.9 Å². The summed E-state index contributed by atoms with van der Waals surface area (Å²) in [5.74, 6) is 1.25. The Bertz CT molecular complexity index is 670. The largest absolute Gasteiger partial charge is 0.444 e. The molecule has 2 unspecified atom stereocenters. The fourth-order valence-corrected chi connectivity index (χ4v) is 3.69. The van der Waals surface area contributed by atoms with E-state index in [2.05, 4.69) is 30.4 Å². The summed E-state index contributed by atoms with van der Waals surface area (Å²) in [6, 6.07) is 0. The summed E-state index contributed by atoms with van der Waals surface area (Å²) in [6.45, 7) is 6.97. The van der Waals surface area contributed by atoms with Crippen LogP contribution in [0.2, 0.25) is 0 Å². The van der Waals surface area contributed by atoms with Crippen LogP contribution in [0.4, 0.5) is 4.79 Å². The molecule has 1 fully saturated rings. The first-order valence-corrected chi connectivity index (χ1v) is 9.58. The second-order valence-electron chi connectivity index (χ2n) is 8.44. The van der Waals surface area contributed by atoms with Crippen molar-refractivity contribution in [3.63, 3.8) is 0 Å². The highest BCUT2D eigenvalue weighted by molar-refractivity contribution is 5.98. The first-order chi connectivity index (χ1) is 12.3. The van der Waals surface area contributed by atoms with Gasteiger partial charge in [0.05, 0.1) is 0 Å². The number of carbonyl (C=O) groups excluding carboxylic acids is 2. The smallest absolute Gasteiger partial charge is 0.410 e. The number of allylic oxidation sites excluding steroid dienone is 8. The number of rotatable bonds is 3. The van der Waals surface area contributed by atoms with Crippen LogP contribution in [0.5, 0.6) is 0 Å². The zero-order valence-electron chi connectivity index (χ0n) is 16.0. The lowest BCUT2D eigenvalue weighted by atomic mass is 9.81. The fraction of sp³-hybridized carbons (Fsp3) is 0.545. The summed E-state index contributed by atoms with van der Waals surface area (Å²) in [7, 11) is 0. The number of nitrogens with zero attached hydrogens (tertiary/aromatic N) is 1. The fourth-order valence-electron chi connectivity index (χ4n) is 3.69. The van der Waals surface area contributed by atoms with Crippen LogP contribution in [0.1, 0.15) is 40.0 Å². The zero-order valence-corrected chi connectivity index (χ0v) is 16.0. The van der Waals surface area contributed by atoms with Crippen molar-refractivity contribution in [2.45, 2.75) is 45.6 Å². The molecule has 0 aromatic rings. The quantitative estimate of drug-likeness (QED) is 0.751. The number of ketones is 1. The number of carbonyl (C=O) groups is 2. The minimum absolute atomic E-state index is 0.221. The van der Waals surface area contributed by atoms with E-state index in [4.69, 9.17) is 4.74 Å². The molecule has 2 aliphatic carbocycles. The van der Waals surface area contributed by atoms with Crippen LogP contribution in [0.3, 0.4) is 0 Å². The van der Waals surface area contributed by atoms with Gasteiger partial charge in [0.1, 0.15) is 5.60 Å². The number of hydrogen-bond donors (Lipinski definition) is 0. The molecule has 3 rings (SSSR count). The van der Waals surface area contributed by atoms with Gasteiger partial charge in [-0.3, -0.25) is 4.79 Å². The third-order valence-electron chi connectivity index (χ3n) is 5.15. The Morgan fingerprint density at radius 2 is 1.73 bits per heavy atom. The lowest BCUT2D eigenvalue weighted by Gasteiger charge is -2.33. The normalized spacial score (nSPS) is 25.7. The maximum atomic E-state index is 12.7. The molecule has 0 aromatic heterocycles. The van der Waals surface area contributed by atoms with Crippen LogP contribution in [0.25, 0.3) is 0 Å². The van der Waals surface area contributed by atoms with E-state index in [1.165, 1.54) is 0 Å². The Balaban J connectivity index is 1.49. The minimum Gasteiger partial charge on any atom is -0.444 e. The van der Waals surface area contributed by atoms with Crippen LogP contribution in [-0.4, -0.2) is 35.5 Å². The number of piperidine rings is 1. The van der Waals surface area contributed by atoms with Crippen LogP contribution in [0, 0.1) is 17.8 Å². The number of Topliss-reactive ketones (excluding diaryl/α,β-unsaturated/α-hetero) is 1. The number of amides is 1. The van der Waals surface area contributed by atoms with Gasteiger partial charge in [0, 0.05) is 36.9 Å². The number of hydrogen-bond acceptors (Lipinski definition) is 3. The topological polar surface area (TPSA) is 46.6 Å². The van der Waals surface area contributed by atoms with Crippen molar-refractivity contribution in [3.8, 4) is 0 Å². The Kier molecular flexibility index (Phi) is 5.49.